The van der Waals surface area contributed by atoms with E-state index in [-0.39, 0.29) is 18.9 Å². The van der Waals surface area contributed by atoms with Crippen LogP contribution in [-0.4, -0.2) is 39.8 Å². The predicted molar refractivity (Wildman–Crippen MR) is 81.1 cm³/mol. The molecule has 0 atom stereocenters. The smallest absolute Gasteiger partial charge is 0.223 e. The number of benzene rings is 1. The SMILES string of the molecule is CCc1c(OC)cc(OCCC(=O)NCCN)cc1OC. The van der Waals surface area contributed by atoms with Crippen LogP contribution in [0.15, 0.2) is 12.1 Å². The fourth-order valence-corrected chi connectivity index (χ4v) is 1.95. The first-order valence-corrected chi connectivity index (χ1v) is 7.00. The molecule has 0 aliphatic carbocycles. The minimum atomic E-state index is -0.0791. The van der Waals surface area contributed by atoms with Gasteiger partial charge in [-0.3, -0.25) is 4.79 Å². The van der Waals surface area contributed by atoms with Crippen molar-refractivity contribution < 1.29 is 19.0 Å². The first kappa shape index (κ1) is 17.1. The number of methoxy groups -OCH3 is 2. The molecule has 0 unspecified atom stereocenters. The zero-order valence-electron chi connectivity index (χ0n) is 12.9. The minimum Gasteiger partial charge on any atom is -0.496 e. The van der Waals surface area contributed by atoms with E-state index < -0.39 is 0 Å². The lowest BCUT2D eigenvalue weighted by molar-refractivity contribution is -0.121. The third-order valence-corrected chi connectivity index (χ3v) is 3.00. The van der Waals surface area contributed by atoms with Gasteiger partial charge in [-0.25, -0.2) is 0 Å². The van der Waals surface area contributed by atoms with Gasteiger partial charge in [0, 0.05) is 30.8 Å². The van der Waals surface area contributed by atoms with Crippen LogP contribution in [0.4, 0.5) is 0 Å². The quantitative estimate of drug-likeness (QED) is 0.713. The van der Waals surface area contributed by atoms with Gasteiger partial charge in [0.1, 0.15) is 17.2 Å². The second kappa shape index (κ2) is 9.07. The van der Waals surface area contributed by atoms with Gasteiger partial charge in [0.25, 0.3) is 0 Å². The highest BCUT2D eigenvalue weighted by molar-refractivity contribution is 5.75. The summed E-state index contributed by atoms with van der Waals surface area (Å²) < 4.78 is 16.3. The average Bonchev–Trinajstić information content (AvgIpc) is 2.51. The van der Waals surface area contributed by atoms with Crippen LogP contribution in [-0.2, 0) is 11.2 Å². The van der Waals surface area contributed by atoms with Crippen LogP contribution in [0.25, 0.3) is 0 Å². The Bertz CT molecular complexity index is 438. The van der Waals surface area contributed by atoms with E-state index in [2.05, 4.69) is 5.32 Å². The van der Waals surface area contributed by atoms with Crippen LogP contribution in [0.5, 0.6) is 17.2 Å². The van der Waals surface area contributed by atoms with E-state index in [1.165, 1.54) is 0 Å². The van der Waals surface area contributed by atoms with Crippen LogP contribution in [0.1, 0.15) is 18.9 Å². The summed E-state index contributed by atoms with van der Waals surface area (Å²) >= 11 is 0. The zero-order valence-corrected chi connectivity index (χ0v) is 12.9. The summed E-state index contributed by atoms with van der Waals surface area (Å²) in [6.45, 7) is 3.22. The summed E-state index contributed by atoms with van der Waals surface area (Å²) in [7, 11) is 3.22. The lowest BCUT2D eigenvalue weighted by Crippen LogP contribution is -2.29. The van der Waals surface area contributed by atoms with E-state index in [1.54, 1.807) is 26.4 Å². The van der Waals surface area contributed by atoms with Gasteiger partial charge in [-0.2, -0.15) is 0 Å². The number of nitrogens with one attached hydrogen (secondary N) is 1. The molecule has 1 rings (SSSR count). The number of hydrogen-bond acceptors (Lipinski definition) is 5. The van der Waals surface area contributed by atoms with Crippen molar-refractivity contribution in [3.63, 3.8) is 0 Å². The Kier molecular flexibility index (Phi) is 7.39. The Hall–Kier alpha value is -1.95. The van der Waals surface area contributed by atoms with Crippen molar-refractivity contribution in [1.82, 2.24) is 5.32 Å². The van der Waals surface area contributed by atoms with E-state index in [0.717, 1.165) is 23.5 Å². The molecule has 21 heavy (non-hydrogen) atoms. The first-order chi connectivity index (χ1) is 10.2. The van der Waals surface area contributed by atoms with Crippen LogP contribution in [0, 0.1) is 0 Å². The first-order valence-electron chi connectivity index (χ1n) is 7.00. The molecule has 0 bridgehead atoms. The van der Waals surface area contributed by atoms with Gasteiger partial charge >= 0.3 is 0 Å². The molecule has 1 amide bonds. The molecule has 1 aromatic carbocycles. The number of carbonyl (C=O) groups excluding carboxylic acids is 1. The molecule has 6 nitrogen and oxygen atoms in total. The molecular formula is C15H24N2O4. The molecule has 6 heteroatoms. The molecular weight excluding hydrogens is 272 g/mol. The summed E-state index contributed by atoms with van der Waals surface area (Å²) in [5, 5.41) is 2.69. The minimum absolute atomic E-state index is 0.0791. The number of nitrogens with two attached hydrogens (primary N) is 1. The second-order valence-electron chi connectivity index (χ2n) is 4.40. The van der Waals surface area contributed by atoms with Gasteiger partial charge in [-0.05, 0) is 6.42 Å². The van der Waals surface area contributed by atoms with E-state index >= 15 is 0 Å². The Balaban J connectivity index is 2.65. The van der Waals surface area contributed by atoms with Crippen molar-refractivity contribution in [1.29, 1.82) is 0 Å². The molecule has 0 aliphatic rings. The molecule has 0 fully saturated rings. The topological polar surface area (TPSA) is 82.8 Å². The summed E-state index contributed by atoms with van der Waals surface area (Å²) in [6.07, 6.45) is 1.08. The monoisotopic (exact) mass is 296 g/mol. The lowest BCUT2D eigenvalue weighted by atomic mass is 10.1. The number of rotatable bonds is 9. The molecule has 0 radical (unpaired) electrons. The molecule has 0 heterocycles. The maximum absolute atomic E-state index is 11.4. The fourth-order valence-electron chi connectivity index (χ4n) is 1.95. The van der Waals surface area contributed by atoms with E-state index in [1.807, 2.05) is 6.92 Å². The third kappa shape index (κ3) is 5.15. The highest BCUT2D eigenvalue weighted by Gasteiger charge is 2.12. The van der Waals surface area contributed by atoms with Crippen LogP contribution in [0.3, 0.4) is 0 Å². The second-order valence-corrected chi connectivity index (χ2v) is 4.40. The molecule has 0 spiro atoms. The van der Waals surface area contributed by atoms with Gasteiger partial charge in [0.05, 0.1) is 27.2 Å². The van der Waals surface area contributed by atoms with Crippen LogP contribution >= 0.6 is 0 Å². The maximum Gasteiger partial charge on any atom is 0.223 e. The molecule has 118 valence electrons. The predicted octanol–water partition coefficient (Wildman–Crippen LogP) is 1.11. The van der Waals surface area contributed by atoms with Crippen molar-refractivity contribution in [2.45, 2.75) is 19.8 Å². The Morgan fingerprint density at radius 2 is 1.86 bits per heavy atom. The summed E-state index contributed by atoms with van der Waals surface area (Å²) in [5.41, 5.74) is 6.31. The molecule has 0 saturated heterocycles. The van der Waals surface area contributed by atoms with Crippen molar-refractivity contribution in [2.24, 2.45) is 5.73 Å². The van der Waals surface area contributed by atoms with Crippen LogP contribution < -0.4 is 25.3 Å². The maximum atomic E-state index is 11.4. The van der Waals surface area contributed by atoms with Crippen molar-refractivity contribution >= 4 is 5.91 Å². The number of hydrogen-bond donors (Lipinski definition) is 2. The highest BCUT2D eigenvalue weighted by Crippen LogP contribution is 2.34. The molecule has 0 aromatic heterocycles. The van der Waals surface area contributed by atoms with Gasteiger partial charge in [-0.15, -0.1) is 0 Å². The fraction of sp³-hybridized carbons (Fsp3) is 0.533. The van der Waals surface area contributed by atoms with Crippen LogP contribution in [0.2, 0.25) is 0 Å². The normalized spacial score (nSPS) is 10.1. The third-order valence-electron chi connectivity index (χ3n) is 3.00. The van der Waals surface area contributed by atoms with Gasteiger partial charge in [0.2, 0.25) is 5.91 Å². The molecule has 0 aliphatic heterocycles. The largest absolute Gasteiger partial charge is 0.496 e. The highest BCUT2D eigenvalue weighted by atomic mass is 16.5. The number of carbonyl (C=O) groups is 1. The molecule has 0 saturated carbocycles. The van der Waals surface area contributed by atoms with Crippen molar-refractivity contribution in [3.05, 3.63) is 17.7 Å². The average molecular weight is 296 g/mol. The van der Waals surface area contributed by atoms with Crippen molar-refractivity contribution in [3.8, 4) is 17.2 Å². The molecule has 1 aromatic rings. The Labute approximate surface area is 125 Å². The Morgan fingerprint density at radius 3 is 2.33 bits per heavy atom. The van der Waals surface area contributed by atoms with Gasteiger partial charge < -0.3 is 25.3 Å². The summed E-state index contributed by atoms with van der Waals surface area (Å²) in [6, 6.07) is 3.61. The summed E-state index contributed by atoms with van der Waals surface area (Å²) in [4.78, 5) is 11.4. The van der Waals surface area contributed by atoms with E-state index in [0.29, 0.717) is 18.8 Å². The van der Waals surface area contributed by atoms with Gasteiger partial charge in [-0.1, -0.05) is 6.92 Å². The molecule has 3 N–H and O–H groups in total. The number of ether oxygens (including phenoxy) is 3. The Morgan fingerprint density at radius 1 is 1.24 bits per heavy atom. The summed E-state index contributed by atoms with van der Waals surface area (Å²) in [5.74, 6) is 1.98. The lowest BCUT2D eigenvalue weighted by Gasteiger charge is -2.14. The zero-order chi connectivity index (χ0) is 15.7. The number of amides is 1. The van der Waals surface area contributed by atoms with Crippen molar-refractivity contribution in [2.75, 3.05) is 33.9 Å². The van der Waals surface area contributed by atoms with E-state index in [4.69, 9.17) is 19.9 Å². The van der Waals surface area contributed by atoms with Gasteiger partial charge in [0.15, 0.2) is 0 Å². The van der Waals surface area contributed by atoms with E-state index in [9.17, 15) is 4.79 Å². The standard InChI is InChI=1S/C15H24N2O4/c1-4-12-13(19-2)9-11(10-14(12)20-3)21-8-5-15(18)17-7-6-16/h9-10H,4-8,16H2,1-3H3,(H,17,18).